The number of hydrogen-bond acceptors (Lipinski definition) is 9. The summed E-state index contributed by atoms with van der Waals surface area (Å²) < 4.78 is 0. The van der Waals surface area contributed by atoms with Gasteiger partial charge in [0, 0.05) is 5.38 Å². The Bertz CT molecular complexity index is 710. The van der Waals surface area contributed by atoms with Crippen LogP contribution in [0.4, 0.5) is 5.13 Å². The zero-order valence-electron chi connectivity index (χ0n) is 13.2. The number of β-lactam (4-membered cyclic amide) rings is 1. The number of carbonyl (C=O) groups is 3. The van der Waals surface area contributed by atoms with Gasteiger partial charge in [-0.1, -0.05) is 0 Å². The molecule has 0 radical (unpaired) electrons. The molecular formula is C13H17N5O5S. The Morgan fingerprint density at radius 1 is 1.54 bits per heavy atom. The van der Waals surface area contributed by atoms with E-state index in [-0.39, 0.29) is 10.8 Å². The SMILES string of the molecule is C[C@H]1[C@H](NC(=O)C(=N)c2csc(N)n2)C(=O)N1OC(=O)C(C)(C)O. The minimum absolute atomic E-state index is 0.111. The van der Waals surface area contributed by atoms with E-state index in [9.17, 15) is 19.5 Å². The Labute approximate surface area is 141 Å². The van der Waals surface area contributed by atoms with Gasteiger partial charge in [0.2, 0.25) is 0 Å². The fourth-order valence-corrected chi connectivity index (χ4v) is 2.40. The van der Waals surface area contributed by atoms with Crippen molar-refractivity contribution in [2.45, 2.75) is 38.5 Å². The predicted octanol–water partition coefficient (Wildman–Crippen LogP) is -0.962. The molecule has 1 aliphatic rings. The highest BCUT2D eigenvalue weighted by atomic mass is 32.1. The Kier molecular flexibility index (Phi) is 4.58. The smallest absolute Gasteiger partial charge is 0.363 e. The van der Waals surface area contributed by atoms with Crippen molar-refractivity contribution in [2.75, 3.05) is 5.73 Å². The fourth-order valence-electron chi connectivity index (χ4n) is 1.84. The molecule has 0 saturated carbocycles. The highest BCUT2D eigenvalue weighted by Crippen LogP contribution is 2.22. The topological polar surface area (TPSA) is 159 Å². The number of amides is 2. The lowest BCUT2D eigenvalue weighted by molar-refractivity contribution is -0.239. The summed E-state index contributed by atoms with van der Waals surface area (Å²) in [6, 6.07) is -1.58. The van der Waals surface area contributed by atoms with E-state index >= 15 is 0 Å². The lowest BCUT2D eigenvalue weighted by atomic mass is 9.99. The van der Waals surface area contributed by atoms with Crippen molar-refractivity contribution in [3.63, 3.8) is 0 Å². The maximum Gasteiger partial charge on any atom is 0.363 e. The molecule has 24 heavy (non-hydrogen) atoms. The number of nitrogens with zero attached hydrogens (tertiary/aromatic N) is 2. The molecule has 0 bridgehead atoms. The highest BCUT2D eigenvalue weighted by Gasteiger charge is 2.49. The second-order valence-corrected chi connectivity index (χ2v) is 6.63. The van der Waals surface area contributed by atoms with Crippen molar-refractivity contribution in [1.82, 2.24) is 15.4 Å². The first kappa shape index (κ1) is 17.8. The largest absolute Gasteiger partial charge is 0.379 e. The van der Waals surface area contributed by atoms with E-state index in [0.29, 0.717) is 0 Å². The van der Waals surface area contributed by atoms with Gasteiger partial charge in [0.05, 0.1) is 6.04 Å². The number of nitrogens with one attached hydrogen (secondary N) is 2. The first-order valence-corrected chi connectivity index (χ1v) is 7.79. The van der Waals surface area contributed by atoms with Gasteiger partial charge in [-0.25, -0.2) is 9.78 Å². The maximum absolute atomic E-state index is 12.0. The number of carbonyl (C=O) groups excluding carboxylic acids is 3. The molecular weight excluding hydrogens is 338 g/mol. The van der Waals surface area contributed by atoms with Crippen LogP contribution in [0.1, 0.15) is 26.5 Å². The minimum atomic E-state index is -1.75. The van der Waals surface area contributed by atoms with E-state index < -0.39 is 41.2 Å². The number of nitrogen functional groups attached to an aromatic ring is 1. The molecule has 1 fully saturated rings. The monoisotopic (exact) mass is 355 g/mol. The molecule has 1 aromatic rings. The molecule has 11 heteroatoms. The van der Waals surface area contributed by atoms with Gasteiger partial charge in [-0.2, -0.15) is 5.06 Å². The lowest BCUT2D eigenvalue weighted by Crippen LogP contribution is -2.70. The van der Waals surface area contributed by atoms with Crippen LogP contribution in [-0.4, -0.2) is 56.3 Å². The van der Waals surface area contributed by atoms with Crippen LogP contribution in [0.2, 0.25) is 0 Å². The minimum Gasteiger partial charge on any atom is -0.379 e. The van der Waals surface area contributed by atoms with Gasteiger partial charge in [-0.3, -0.25) is 15.0 Å². The van der Waals surface area contributed by atoms with Crippen LogP contribution in [0.3, 0.4) is 0 Å². The van der Waals surface area contributed by atoms with Crippen LogP contribution in [0.5, 0.6) is 0 Å². The van der Waals surface area contributed by atoms with Crippen LogP contribution in [0.15, 0.2) is 5.38 Å². The number of aliphatic hydroxyl groups is 1. The maximum atomic E-state index is 12.0. The number of nitrogens with two attached hydrogens (primary N) is 1. The molecule has 0 unspecified atom stereocenters. The average molecular weight is 355 g/mol. The molecule has 130 valence electrons. The molecule has 2 rings (SSSR count). The summed E-state index contributed by atoms with van der Waals surface area (Å²) in [5, 5.41) is 22.1. The Morgan fingerprint density at radius 2 is 2.17 bits per heavy atom. The van der Waals surface area contributed by atoms with Crippen LogP contribution in [0, 0.1) is 5.41 Å². The number of hydroxylamine groups is 2. The summed E-state index contributed by atoms with van der Waals surface area (Å²) in [4.78, 5) is 44.2. The van der Waals surface area contributed by atoms with E-state index in [2.05, 4.69) is 10.3 Å². The zero-order chi connectivity index (χ0) is 18.2. The third-order valence-corrected chi connectivity index (χ3v) is 3.98. The molecule has 2 amide bonds. The normalized spacial score (nSPS) is 20.3. The summed E-state index contributed by atoms with van der Waals surface area (Å²) in [5.41, 5.74) is 3.39. The Morgan fingerprint density at radius 3 is 2.62 bits per heavy atom. The first-order chi connectivity index (χ1) is 11.0. The Hall–Kier alpha value is -2.53. The van der Waals surface area contributed by atoms with Crippen molar-refractivity contribution in [3.8, 4) is 0 Å². The summed E-state index contributed by atoms with van der Waals surface area (Å²) in [6.07, 6.45) is 0. The molecule has 1 saturated heterocycles. The molecule has 0 spiro atoms. The van der Waals surface area contributed by atoms with E-state index in [1.54, 1.807) is 6.92 Å². The van der Waals surface area contributed by atoms with Crippen molar-refractivity contribution >= 4 is 40.0 Å². The van der Waals surface area contributed by atoms with E-state index in [0.717, 1.165) is 16.4 Å². The second kappa shape index (κ2) is 6.17. The van der Waals surface area contributed by atoms with Gasteiger partial charge in [0.1, 0.15) is 17.4 Å². The van der Waals surface area contributed by atoms with Crippen molar-refractivity contribution < 1.29 is 24.3 Å². The third-order valence-electron chi connectivity index (χ3n) is 3.31. The van der Waals surface area contributed by atoms with Crippen LogP contribution < -0.4 is 11.1 Å². The molecule has 2 heterocycles. The van der Waals surface area contributed by atoms with Crippen molar-refractivity contribution in [3.05, 3.63) is 11.1 Å². The van der Waals surface area contributed by atoms with Gasteiger partial charge in [0.25, 0.3) is 11.8 Å². The highest BCUT2D eigenvalue weighted by molar-refractivity contribution is 7.13. The molecule has 1 aliphatic heterocycles. The summed E-state index contributed by atoms with van der Waals surface area (Å²) in [7, 11) is 0. The first-order valence-electron chi connectivity index (χ1n) is 6.91. The van der Waals surface area contributed by atoms with Gasteiger partial charge < -0.3 is 21.0 Å². The molecule has 5 N–H and O–H groups in total. The number of thiazole rings is 1. The van der Waals surface area contributed by atoms with Crippen LogP contribution >= 0.6 is 11.3 Å². The number of aromatic nitrogens is 1. The van der Waals surface area contributed by atoms with E-state index in [1.165, 1.54) is 19.2 Å². The zero-order valence-corrected chi connectivity index (χ0v) is 14.0. The summed E-state index contributed by atoms with van der Waals surface area (Å²) >= 11 is 1.09. The summed E-state index contributed by atoms with van der Waals surface area (Å²) in [5.74, 6) is -2.43. The molecule has 1 aromatic heterocycles. The molecule has 10 nitrogen and oxygen atoms in total. The standard InChI is InChI=1S/C13H17N5O5S/c1-5-8(10(20)18(5)23-11(21)13(2,3)22)17-9(19)7(14)6-4-24-12(15)16-6/h4-5,8,14,22H,1-3H3,(H2,15,16)(H,17,19)/t5-,8-/m0/s1. The predicted molar refractivity (Wildman–Crippen MR) is 84.0 cm³/mol. The van der Waals surface area contributed by atoms with Gasteiger partial charge in [0.15, 0.2) is 10.7 Å². The van der Waals surface area contributed by atoms with Gasteiger partial charge >= 0.3 is 5.97 Å². The van der Waals surface area contributed by atoms with Crippen LogP contribution in [0.25, 0.3) is 0 Å². The van der Waals surface area contributed by atoms with Crippen LogP contribution in [-0.2, 0) is 19.2 Å². The quantitative estimate of drug-likeness (QED) is 0.391. The Balaban J connectivity index is 1.95. The number of hydrogen-bond donors (Lipinski definition) is 4. The fraction of sp³-hybridized carbons (Fsp3) is 0.462. The van der Waals surface area contributed by atoms with Crippen molar-refractivity contribution in [2.24, 2.45) is 0 Å². The lowest BCUT2D eigenvalue weighted by Gasteiger charge is -2.43. The summed E-state index contributed by atoms with van der Waals surface area (Å²) in [6.45, 7) is 4.00. The average Bonchev–Trinajstić information content (AvgIpc) is 2.94. The van der Waals surface area contributed by atoms with E-state index in [1.807, 2.05) is 0 Å². The number of anilines is 1. The molecule has 0 aromatic carbocycles. The van der Waals surface area contributed by atoms with Gasteiger partial charge in [-0.15, -0.1) is 11.3 Å². The van der Waals surface area contributed by atoms with Gasteiger partial charge in [-0.05, 0) is 20.8 Å². The third kappa shape index (κ3) is 3.36. The van der Waals surface area contributed by atoms with Crippen molar-refractivity contribution in [1.29, 1.82) is 5.41 Å². The molecule has 2 atom stereocenters. The van der Waals surface area contributed by atoms with E-state index in [4.69, 9.17) is 16.0 Å². The molecule has 0 aliphatic carbocycles. The number of rotatable bonds is 5. The second-order valence-electron chi connectivity index (χ2n) is 5.74.